The monoisotopic (exact) mass is 377 g/mol. The number of alkyl halides is 2. The molecule has 5 heteroatoms. The molecule has 0 aromatic heterocycles. The highest BCUT2D eigenvalue weighted by Crippen LogP contribution is 2.21. The van der Waals surface area contributed by atoms with Crippen LogP contribution in [0.1, 0.15) is 28.4 Å². The van der Waals surface area contributed by atoms with E-state index in [0.717, 1.165) is 16.5 Å². The Morgan fingerprint density at radius 3 is 2.50 bits per heavy atom. The van der Waals surface area contributed by atoms with Crippen molar-refractivity contribution < 1.29 is 9.53 Å². The molecule has 0 bridgehead atoms. The summed E-state index contributed by atoms with van der Waals surface area (Å²) in [4.78, 5) is 14.0. The van der Waals surface area contributed by atoms with Crippen LogP contribution in [0.15, 0.2) is 18.2 Å². The first-order chi connectivity index (χ1) is 8.51. The quantitative estimate of drug-likeness (QED) is 0.446. The molecule has 3 nitrogen and oxygen atoms in total. The third-order valence-corrected chi connectivity index (χ3v) is 3.94. The van der Waals surface area contributed by atoms with E-state index in [1.165, 1.54) is 0 Å². The van der Waals surface area contributed by atoms with Crippen LogP contribution in [0, 0.1) is 0 Å². The van der Waals surface area contributed by atoms with Crippen molar-refractivity contribution in [2.45, 2.75) is 23.8 Å². The number of esters is 1. The Labute approximate surface area is 125 Å². The van der Waals surface area contributed by atoms with E-state index in [-0.39, 0.29) is 12.2 Å². The summed E-state index contributed by atoms with van der Waals surface area (Å²) in [5, 5.41) is 1.35. The molecule has 0 aliphatic carbocycles. The zero-order valence-electron chi connectivity index (χ0n) is 10.7. The highest BCUT2D eigenvalue weighted by Gasteiger charge is 2.18. The minimum Gasteiger partial charge on any atom is -0.443 e. The lowest BCUT2D eigenvalue weighted by molar-refractivity contribution is -0.00555. The Morgan fingerprint density at radius 1 is 1.33 bits per heavy atom. The lowest BCUT2D eigenvalue weighted by Gasteiger charge is -2.21. The second kappa shape index (κ2) is 7.26. The molecular weight excluding hydrogens is 362 g/mol. The SMILES string of the molecule is CC(OC(=O)c1cccc(CBr)c1CBr)N(C)C. The average Bonchev–Trinajstić information content (AvgIpc) is 2.37. The first kappa shape index (κ1) is 15.7. The van der Waals surface area contributed by atoms with Gasteiger partial charge in [-0.2, -0.15) is 0 Å². The third-order valence-electron chi connectivity index (χ3n) is 2.78. The van der Waals surface area contributed by atoms with Crippen LogP contribution in [0.2, 0.25) is 0 Å². The van der Waals surface area contributed by atoms with E-state index in [2.05, 4.69) is 31.9 Å². The van der Waals surface area contributed by atoms with Crippen molar-refractivity contribution in [3.63, 3.8) is 0 Å². The van der Waals surface area contributed by atoms with Gasteiger partial charge < -0.3 is 4.74 Å². The molecule has 1 atom stereocenters. The van der Waals surface area contributed by atoms with Crippen molar-refractivity contribution in [2.75, 3.05) is 14.1 Å². The Morgan fingerprint density at radius 2 is 2.00 bits per heavy atom. The van der Waals surface area contributed by atoms with Crippen LogP contribution in [0.5, 0.6) is 0 Å². The molecule has 0 saturated carbocycles. The van der Waals surface area contributed by atoms with E-state index in [1.807, 2.05) is 38.1 Å². The number of carbonyl (C=O) groups is 1. The van der Waals surface area contributed by atoms with Gasteiger partial charge in [0.25, 0.3) is 0 Å². The summed E-state index contributed by atoms with van der Waals surface area (Å²) in [5.41, 5.74) is 2.70. The number of nitrogens with zero attached hydrogens (tertiary/aromatic N) is 1. The van der Waals surface area contributed by atoms with E-state index in [4.69, 9.17) is 4.74 Å². The Balaban J connectivity index is 2.98. The molecule has 1 rings (SSSR count). The smallest absolute Gasteiger partial charge is 0.340 e. The van der Waals surface area contributed by atoms with Gasteiger partial charge in [-0.25, -0.2) is 4.79 Å². The van der Waals surface area contributed by atoms with E-state index in [1.54, 1.807) is 6.07 Å². The van der Waals surface area contributed by atoms with Gasteiger partial charge in [-0.1, -0.05) is 44.0 Å². The molecule has 0 saturated heterocycles. The van der Waals surface area contributed by atoms with Gasteiger partial charge in [0, 0.05) is 10.7 Å². The van der Waals surface area contributed by atoms with Gasteiger partial charge in [0.15, 0.2) is 6.23 Å². The molecule has 0 N–H and O–H groups in total. The standard InChI is InChI=1S/C13H17Br2NO2/c1-9(16(2)3)18-13(17)11-6-4-5-10(7-14)12(11)8-15/h4-6,9H,7-8H2,1-3H3. The normalized spacial score (nSPS) is 12.6. The van der Waals surface area contributed by atoms with Gasteiger partial charge in [0.2, 0.25) is 0 Å². The average molecular weight is 379 g/mol. The first-order valence-electron chi connectivity index (χ1n) is 5.61. The number of carbonyl (C=O) groups excluding carboxylic acids is 1. The fourth-order valence-electron chi connectivity index (χ4n) is 1.43. The number of benzene rings is 1. The van der Waals surface area contributed by atoms with Crippen molar-refractivity contribution >= 4 is 37.8 Å². The van der Waals surface area contributed by atoms with Gasteiger partial charge in [-0.15, -0.1) is 0 Å². The van der Waals surface area contributed by atoms with E-state index in [0.29, 0.717) is 10.9 Å². The second-order valence-corrected chi connectivity index (χ2v) is 5.30. The Hall–Kier alpha value is -0.390. The van der Waals surface area contributed by atoms with Crippen molar-refractivity contribution in [3.05, 3.63) is 34.9 Å². The van der Waals surface area contributed by atoms with E-state index < -0.39 is 0 Å². The number of hydrogen-bond acceptors (Lipinski definition) is 3. The second-order valence-electron chi connectivity index (χ2n) is 4.18. The maximum absolute atomic E-state index is 12.1. The summed E-state index contributed by atoms with van der Waals surface area (Å²) >= 11 is 6.85. The summed E-state index contributed by atoms with van der Waals surface area (Å²) in [5.74, 6) is -0.284. The molecule has 1 unspecified atom stereocenters. The minimum absolute atomic E-state index is 0.242. The maximum Gasteiger partial charge on any atom is 0.340 e. The lowest BCUT2D eigenvalue weighted by Crippen LogP contribution is -2.30. The molecule has 0 fully saturated rings. The molecule has 1 aromatic rings. The zero-order valence-corrected chi connectivity index (χ0v) is 13.9. The van der Waals surface area contributed by atoms with Gasteiger partial charge in [-0.05, 0) is 38.2 Å². The topological polar surface area (TPSA) is 29.5 Å². The van der Waals surface area contributed by atoms with Gasteiger partial charge in [0.1, 0.15) is 0 Å². The molecule has 0 radical (unpaired) electrons. The predicted octanol–water partition coefficient (Wildman–Crippen LogP) is 3.54. The molecule has 0 amide bonds. The van der Waals surface area contributed by atoms with E-state index >= 15 is 0 Å². The van der Waals surface area contributed by atoms with Gasteiger partial charge in [0.05, 0.1) is 5.56 Å². The van der Waals surface area contributed by atoms with Gasteiger partial charge in [-0.3, -0.25) is 4.90 Å². The number of hydrogen-bond donors (Lipinski definition) is 0. The number of ether oxygens (including phenoxy) is 1. The zero-order chi connectivity index (χ0) is 13.7. The van der Waals surface area contributed by atoms with Crippen LogP contribution >= 0.6 is 31.9 Å². The van der Waals surface area contributed by atoms with Crippen LogP contribution in [0.4, 0.5) is 0 Å². The molecular formula is C13H17Br2NO2. The molecule has 1 aromatic carbocycles. The van der Waals surface area contributed by atoms with Crippen LogP contribution in [0.25, 0.3) is 0 Å². The van der Waals surface area contributed by atoms with Crippen LogP contribution in [-0.4, -0.2) is 31.2 Å². The van der Waals surface area contributed by atoms with Gasteiger partial charge >= 0.3 is 5.97 Å². The molecule has 100 valence electrons. The minimum atomic E-state index is -0.284. The summed E-state index contributed by atoms with van der Waals surface area (Å²) in [7, 11) is 3.75. The molecule has 0 spiro atoms. The number of halogens is 2. The van der Waals surface area contributed by atoms with Crippen molar-refractivity contribution in [3.8, 4) is 0 Å². The lowest BCUT2D eigenvalue weighted by atomic mass is 10.0. The fraction of sp³-hybridized carbons (Fsp3) is 0.462. The summed E-state index contributed by atoms with van der Waals surface area (Å²) in [6.45, 7) is 1.85. The van der Waals surface area contributed by atoms with Crippen molar-refractivity contribution in [1.29, 1.82) is 0 Å². The highest BCUT2D eigenvalue weighted by molar-refractivity contribution is 9.09. The third kappa shape index (κ3) is 3.80. The van der Waals surface area contributed by atoms with E-state index in [9.17, 15) is 4.79 Å². The summed E-state index contributed by atoms with van der Waals surface area (Å²) in [6, 6.07) is 5.67. The summed E-state index contributed by atoms with van der Waals surface area (Å²) < 4.78 is 5.39. The largest absolute Gasteiger partial charge is 0.443 e. The summed E-state index contributed by atoms with van der Waals surface area (Å²) in [6.07, 6.45) is -0.242. The van der Waals surface area contributed by atoms with Crippen LogP contribution in [0.3, 0.4) is 0 Å². The van der Waals surface area contributed by atoms with Crippen molar-refractivity contribution in [1.82, 2.24) is 4.90 Å². The first-order valence-corrected chi connectivity index (χ1v) is 7.85. The molecule has 0 aliphatic rings. The highest BCUT2D eigenvalue weighted by atomic mass is 79.9. The molecule has 0 heterocycles. The fourth-order valence-corrected chi connectivity index (χ4v) is 2.62. The number of rotatable bonds is 5. The van der Waals surface area contributed by atoms with Crippen LogP contribution in [-0.2, 0) is 15.4 Å². The maximum atomic E-state index is 12.1. The Bertz CT molecular complexity index is 421. The molecule has 0 aliphatic heterocycles. The Kier molecular flexibility index (Phi) is 6.32. The predicted molar refractivity (Wildman–Crippen MR) is 80.3 cm³/mol. The molecule has 18 heavy (non-hydrogen) atoms. The van der Waals surface area contributed by atoms with Crippen LogP contribution < -0.4 is 0 Å². The van der Waals surface area contributed by atoms with Crippen molar-refractivity contribution in [2.24, 2.45) is 0 Å².